The lowest BCUT2D eigenvalue weighted by molar-refractivity contribution is 0.457. The Morgan fingerprint density at radius 2 is 2.14 bits per heavy atom. The van der Waals surface area contributed by atoms with Crippen molar-refractivity contribution in [3.8, 4) is 0 Å². The van der Waals surface area contributed by atoms with E-state index in [2.05, 4.69) is 4.18 Å². The smallest absolute Gasteiger partial charge is 0.298 e. The van der Waals surface area contributed by atoms with Crippen LogP contribution < -0.4 is 0 Å². The highest BCUT2D eigenvalue weighted by Crippen LogP contribution is 1.74. The van der Waals surface area contributed by atoms with Crippen LogP contribution in [0.5, 0.6) is 0 Å². The second kappa shape index (κ2) is 3.60. The van der Waals surface area contributed by atoms with E-state index in [-0.39, 0.29) is 6.33 Å². The fourth-order valence-electron chi connectivity index (χ4n) is 0.0727. The fraction of sp³-hybridized carbons (Fsp3) is 0. The van der Waals surface area contributed by atoms with Gasteiger partial charge in [-0.3, -0.25) is 0 Å². The number of rotatable bonds is 2. The Kier molecular flexibility index (Phi) is 3.31. The lowest BCUT2D eigenvalue weighted by Gasteiger charge is -1.76. The molecule has 3 nitrogen and oxygen atoms in total. The molecule has 0 aromatic carbocycles. The lowest BCUT2D eigenvalue weighted by atomic mass is 11.1. The van der Waals surface area contributed by atoms with Gasteiger partial charge in [-0.1, -0.05) is 0 Å². The summed E-state index contributed by atoms with van der Waals surface area (Å²) < 4.78 is 33.1. The number of thiol groups is 1. The van der Waals surface area contributed by atoms with Gasteiger partial charge in [0.2, 0.25) is 0 Å². The van der Waals surface area contributed by atoms with Gasteiger partial charge in [0, 0.05) is 0 Å². The standard InChI is InChI=1S/C2H3FO3S/c3-1-2-6-7(4)5/h1-2,7H. The Labute approximate surface area is 41.6 Å². The highest BCUT2D eigenvalue weighted by molar-refractivity contribution is 7.67. The fourth-order valence-corrected chi connectivity index (χ4v) is 0.218. The van der Waals surface area contributed by atoms with Crippen LogP contribution in [0.3, 0.4) is 0 Å². The third-order valence-corrected chi connectivity index (χ3v) is 0.492. The Morgan fingerprint density at radius 1 is 1.57 bits per heavy atom. The monoisotopic (exact) mass is 126 g/mol. The quantitative estimate of drug-likeness (QED) is 0.417. The zero-order valence-electron chi connectivity index (χ0n) is 3.20. The molecule has 7 heavy (non-hydrogen) atoms. The van der Waals surface area contributed by atoms with Gasteiger partial charge in [0.1, 0.15) is 12.6 Å². The summed E-state index contributed by atoms with van der Waals surface area (Å²) >= 11 is 0. The van der Waals surface area contributed by atoms with Crippen molar-refractivity contribution in [1.82, 2.24) is 0 Å². The van der Waals surface area contributed by atoms with Crippen LogP contribution in [0.25, 0.3) is 0 Å². The van der Waals surface area contributed by atoms with Crippen LogP contribution in [0, 0.1) is 0 Å². The van der Waals surface area contributed by atoms with Crippen LogP contribution in [0.1, 0.15) is 0 Å². The van der Waals surface area contributed by atoms with E-state index >= 15 is 0 Å². The van der Waals surface area contributed by atoms with Crippen molar-refractivity contribution in [3.05, 3.63) is 12.6 Å². The molecule has 0 aromatic rings. The molecule has 0 saturated carbocycles. The summed E-state index contributed by atoms with van der Waals surface area (Å²) in [5.41, 5.74) is 0. The van der Waals surface area contributed by atoms with Crippen LogP contribution in [0.2, 0.25) is 0 Å². The maximum absolute atomic E-state index is 10.8. The van der Waals surface area contributed by atoms with Crippen molar-refractivity contribution < 1.29 is 17.0 Å². The molecular formula is C2H3FO3S. The molecule has 0 aliphatic carbocycles. The zero-order valence-corrected chi connectivity index (χ0v) is 4.10. The second-order valence-corrected chi connectivity index (χ2v) is 1.25. The topological polar surface area (TPSA) is 43.4 Å². The molecule has 5 heteroatoms. The second-order valence-electron chi connectivity index (χ2n) is 0.591. The first-order valence-electron chi connectivity index (χ1n) is 1.33. The zero-order chi connectivity index (χ0) is 5.70. The van der Waals surface area contributed by atoms with E-state index < -0.39 is 11.0 Å². The summed E-state index contributed by atoms with van der Waals surface area (Å²) in [6.45, 7) is 0. The Balaban J connectivity index is 3.33. The molecule has 0 spiro atoms. The highest BCUT2D eigenvalue weighted by Gasteiger charge is 1.70. The van der Waals surface area contributed by atoms with E-state index in [4.69, 9.17) is 0 Å². The van der Waals surface area contributed by atoms with Gasteiger partial charge in [-0.15, -0.1) is 0 Å². The molecule has 0 heterocycles. The van der Waals surface area contributed by atoms with E-state index in [0.717, 1.165) is 0 Å². The summed E-state index contributed by atoms with van der Waals surface area (Å²) in [6.07, 6.45) is 0.427. The van der Waals surface area contributed by atoms with Crippen molar-refractivity contribution in [2.75, 3.05) is 0 Å². The minimum absolute atomic E-state index is 0.00880. The largest absolute Gasteiger partial charge is 0.390 e. The summed E-state index contributed by atoms with van der Waals surface area (Å²) in [7, 11) is -2.93. The Bertz CT molecular complexity index is 119. The van der Waals surface area contributed by atoms with Crippen LogP contribution in [-0.4, -0.2) is 8.42 Å². The molecule has 0 rings (SSSR count). The number of hydrogen-bond acceptors (Lipinski definition) is 3. The van der Waals surface area contributed by atoms with Gasteiger partial charge in [0.25, 0.3) is 11.0 Å². The molecule has 0 N–H and O–H groups in total. The third kappa shape index (κ3) is 5.42. The molecule has 0 atom stereocenters. The Hall–Kier alpha value is -0.580. The maximum atomic E-state index is 10.8. The molecule has 0 aromatic heterocycles. The number of hydrogen-bond donors (Lipinski definition) is 1. The normalized spacial score (nSPS) is 10.6. The van der Waals surface area contributed by atoms with Crippen LogP contribution in [0.4, 0.5) is 4.39 Å². The van der Waals surface area contributed by atoms with E-state index in [9.17, 15) is 12.8 Å². The molecule has 0 radical (unpaired) electrons. The van der Waals surface area contributed by atoms with Crippen molar-refractivity contribution >= 4 is 11.0 Å². The number of halogens is 1. The third-order valence-electron chi connectivity index (χ3n) is 0.198. The van der Waals surface area contributed by atoms with Crippen molar-refractivity contribution in [3.63, 3.8) is 0 Å². The van der Waals surface area contributed by atoms with E-state index in [1.165, 1.54) is 0 Å². The van der Waals surface area contributed by atoms with Crippen molar-refractivity contribution in [2.45, 2.75) is 0 Å². The molecule has 0 aliphatic heterocycles. The SMILES string of the molecule is O=[SH](=O)OC=CF. The predicted molar refractivity (Wildman–Crippen MR) is 21.6 cm³/mol. The summed E-state index contributed by atoms with van der Waals surface area (Å²) in [6, 6.07) is 0. The molecular weight excluding hydrogens is 123 g/mol. The minimum atomic E-state index is -2.93. The molecule has 0 amide bonds. The van der Waals surface area contributed by atoms with Crippen LogP contribution in [0.15, 0.2) is 12.6 Å². The summed E-state index contributed by atoms with van der Waals surface area (Å²) in [5.74, 6) is 0. The predicted octanol–water partition coefficient (Wildman–Crippen LogP) is -0.0299. The van der Waals surface area contributed by atoms with Gasteiger partial charge in [0.15, 0.2) is 0 Å². The van der Waals surface area contributed by atoms with Crippen LogP contribution in [-0.2, 0) is 15.2 Å². The summed E-state index contributed by atoms with van der Waals surface area (Å²) in [4.78, 5) is 0. The molecule has 0 fully saturated rings. The first-order chi connectivity index (χ1) is 3.27. The first-order valence-corrected chi connectivity index (χ1v) is 2.43. The average molecular weight is 126 g/mol. The molecule has 42 valence electrons. The van der Waals surface area contributed by atoms with Gasteiger partial charge >= 0.3 is 0 Å². The van der Waals surface area contributed by atoms with Crippen LogP contribution >= 0.6 is 0 Å². The first kappa shape index (κ1) is 6.42. The van der Waals surface area contributed by atoms with Gasteiger partial charge < -0.3 is 4.18 Å². The van der Waals surface area contributed by atoms with E-state index in [1.54, 1.807) is 0 Å². The van der Waals surface area contributed by atoms with E-state index in [1.807, 2.05) is 0 Å². The van der Waals surface area contributed by atoms with Gasteiger partial charge in [-0.25, -0.2) is 4.39 Å². The highest BCUT2D eigenvalue weighted by atomic mass is 32.2. The lowest BCUT2D eigenvalue weighted by Crippen LogP contribution is -1.72. The van der Waals surface area contributed by atoms with Gasteiger partial charge in [-0.05, 0) is 0 Å². The van der Waals surface area contributed by atoms with Gasteiger partial charge in [-0.2, -0.15) is 8.42 Å². The van der Waals surface area contributed by atoms with Gasteiger partial charge in [0.05, 0.1) is 0 Å². The maximum Gasteiger partial charge on any atom is 0.298 e. The average Bonchev–Trinajstić information content (AvgIpc) is 1.61. The van der Waals surface area contributed by atoms with E-state index in [0.29, 0.717) is 6.26 Å². The van der Waals surface area contributed by atoms with Crippen molar-refractivity contribution in [1.29, 1.82) is 0 Å². The van der Waals surface area contributed by atoms with Crippen molar-refractivity contribution in [2.24, 2.45) is 0 Å². The molecule has 0 bridgehead atoms. The molecule has 0 aliphatic rings. The molecule has 0 unspecified atom stereocenters. The summed E-state index contributed by atoms with van der Waals surface area (Å²) in [5, 5.41) is 0. The Morgan fingerprint density at radius 3 is 2.29 bits per heavy atom. The molecule has 0 saturated heterocycles. The minimum Gasteiger partial charge on any atom is -0.390 e.